The number of pyridine rings is 1. The van der Waals surface area contributed by atoms with Gasteiger partial charge in [-0.05, 0) is 55.2 Å². The summed E-state index contributed by atoms with van der Waals surface area (Å²) in [6.07, 6.45) is -0.484. The molecule has 0 fully saturated rings. The lowest BCUT2D eigenvalue weighted by Crippen LogP contribution is -2.18. The zero-order chi connectivity index (χ0) is 19.6. The molecule has 1 heterocycles. The van der Waals surface area contributed by atoms with Gasteiger partial charge in [-0.15, -0.1) is 0 Å². The molecule has 3 rings (SSSR count). The number of hydrogen-bond acceptors (Lipinski definition) is 4. The fourth-order valence-corrected chi connectivity index (χ4v) is 3.44. The van der Waals surface area contributed by atoms with Crippen molar-refractivity contribution in [3.63, 3.8) is 0 Å². The van der Waals surface area contributed by atoms with E-state index in [1.54, 1.807) is 19.9 Å². The van der Waals surface area contributed by atoms with E-state index in [-0.39, 0.29) is 6.61 Å². The number of rotatable bonds is 5. The summed E-state index contributed by atoms with van der Waals surface area (Å²) in [6, 6.07) is 13.5. The van der Waals surface area contributed by atoms with Crippen LogP contribution in [-0.4, -0.2) is 22.7 Å². The maximum absolute atomic E-state index is 12.3. The normalized spacial score (nSPS) is 12.2. The standard InChI is InChI=1S/C22H22ClNO3/c1-4-14-6-8-15(9-7-14)20-17-12-16(23)10-11-18(17)24-13(3)19(20)21(25)22(26)27-5-2/h6-12,21,25H,4-5H2,1-3H3. The van der Waals surface area contributed by atoms with Gasteiger partial charge >= 0.3 is 5.97 Å². The first-order chi connectivity index (χ1) is 13.0. The monoisotopic (exact) mass is 383 g/mol. The summed E-state index contributed by atoms with van der Waals surface area (Å²) in [5.74, 6) is -0.685. The molecule has 1 unspecified atom stereocenters. The summed E-state index contributed by atoms with van der Waals surface area (Å²) in [7, 11) is 0. The van der Waals surface area contributed by atoms with E-state index in [0.717, 1.165) is 28.5 Å². The smallest absolute Gasteiger partial charge is 0.339 e. The SMILES string of the molecule is CCOC(=O)C(O)c1c(C)nc2ccc(Cl)cc2c1-c1ccc(CC)cc1. The van der Waals surface area contributed by atoms with Crippen molar-refractivity contribution in [1.29, 1.82) is 0 Å². The first kappa shape index (κ1) is 19.3. The molecule has 1 atom stereocenters. The Kier molecular flexibility index (Phi) is 5.78. The fourth-order valence-electron chi connectivity index (χ4n) is 3.26. The second-order valence-electron chi connectivity index (χ2n) is 6.35. The highest BCUT2D eigenvalue weighted by atomic mass is 35.5. The molecule has 0 bridgehead atoms. The molecule has 0 aliphatic rings. The van der Waals surface area contributed by atoms with Gasteiger partial charge in [0.2, 0.25) is 0 Å². The minimum atomic E-state index is -1.42. The van der Waals surface area contributed by atoms with Gasteiger partial charge in [0.25, 0.3) is 0 Å². The van der Waals surface area contributed by atoms with Crippen molar-refractivity contribution < 1.29 is 14.6 Å². The Balaban J connectivity index is 2.32. The quantitative estimate of drug-likeness (QED) is 0.628. The van der Waals surface area contributed by atoms with Crippen LogP contribution >= 0.6 is 11.6 Å². The molecule has 0 saturated heterocycles. The predicted octanol–water partition coefficient (Wildman–Crippen LogP) is 5.02. The van der Waals surface area contributed by atoms with Crippen molar-refractivity contribution in [3.05, 3.63) is 64.3 Å². The lowest BCUT2D eigenvalue weighted by Gasteiger charge is -2.19. The van der Waals surface area contributed by atoms with Gasteiger partial charge in [-0.25, -0.2) is 4.79 Å². The number of halogens is 1. The predicted molar refractivity (Wildman–Crippen MR) is 108 cm³/mol. The summed E-state index contributed by atoms with van der Waals surface area (Å²) in [6.45, 7) is 5.79. The van der Waals surface area contributed by atoms with E-state index >= 15 is 0 Å². The maximum Gasteiger partial charge on any atom is 0.339 e. The molecule has 0 saturated carbocycles. The number of carbonyl (C=O) groups excluding carboxylic acids is 1. The van der Waals surface area contributed by atoms with Crippen molar-refractivity contribution in [2.24, 2.45) is 0 Å². The summed E-state index contributed by atoms with van der Waals surface area (Å²) >= 11 is 6.23. The second-order valence-corrected chi connectivity index (χ2v) is 6.79. The molecule has 4 nitrogen and oxygen atoms in total. The van der Waals surface area contributed by atoms with Crippen LogP contribution < -0.4 is 0 Å². The van der Waals surface area contributed by atoms with Crippen molar-refractivity contribution >= 4 is 28.5 Å². The minimum Gasteiger partial charge on any atom is -0.464 e. The highest BCUT2D eigenvalue weighted by Crippen LogP contribution is 2.38. The summed E-state index contributed by atoms with van der Waals surface area (Å²) in [5, 5.41) is 12.1. The van der Waals surface area contributed by atoms with E-state index in [1.807, 2.05) is 36.4 Å². The van der Waals surface area contributed by atoms with E-state index in [4.69, 9.17) is 16.3 Å². The van der Waals surface area contributed by atoms with Crippen LogP contribution in [0.15, 0.2) is 42.5 Å². The topological polar surface area (TPSA) is 59.4 Å². The lowest BCUT2D eigenvalue weighted by molar-refractivity contribution is -0.153. The number of fused-ring (bicyclic) bond motifs is 1. The third-order valence-corrected chi connectivity index (χ3v) is 4.84. The van der Waals surface area contributed by atoms with Gasteiger partial charge in [0.1, 0.15) is 0 Å². The number of aryl methyl sites for hydroxylation is 2. The molecule has 0 amide bonds. The molecule has 0 spiro atoms. The molecule has 0 radical (unpaired) electrons. The van der Waals surface area contributed by atoms with Crippen LogP contribution in [0.2, 0.25) is 5.02 Å². The maximum atomic E-state index is 12.3. The average molecular weight is 384 g/mol. The van der Waals surface area contributed by atoms with Crippen LogP contribution in [0.25, 0.3) is 22.0 Å². The summed E-state index contributed by atoms with van der Waals surface area (Å²) in [5.41, 5.74) is 4.64. The molecule has 5 heteroatoms. The number of benzene rings is 2. The van der Waals surface area contributed by atoms with Crippen molar-refractivity contribution in [3.8, 4) is 11.1 Å². The number of aromatic nitrogens is 1. The number of aliphatic hydroxyl groups excluding tert-OH is 1. The highest BCUT2D eigenvalue weighted by Gasteiger charge is 2.27. The minimum absolute atomic E-state index is 0.197. The van der Waals surface area contributed by atoms with Crippen molar-refractivity contribution in [2.45, 2.75) is 33.3 Å². The zero-order valence-electron chi connectivity index (χ0n) is 15.6. The first-order valence-corrected chi connectivity index (χ1v) is 9.37. The first-order valence-electron chi connectivity index (χ1n) is 9.00. The van der Waals surface area contributed by atoms with E-state index in [2.05, 4.69) is 11.9 Å². The van der Waals surface area contributed by atoms with Gasteiger partial charge in [0, 0.05) is 21.7 Å². The molecule has 140 valence electrons. The Bertz CT molecular complexity index is 983. The Hall–Kier alpha value is -2.43. The number of hydrogen-bond donors (Lipinski definition) is 1. The van der Waals surface area contributed by atoms with E-state index in [9.17, 15) is 9.90 Å². The number of ether oxygens (including phenoxy) is 1. The largest absolute Gasteiger partial charge is 0.464 e. The molecule has 1 aromatic heterocycles. The van der Waals surface area contributed by atoms with Crippen LogP contribution in [0.4, 0.5) is 0 Å². The zero-order valence-corrected chi connectivity index (χ0v) is 16.4. The Morgan fingerprint density at radius 1 is 1.19 bits per heavy atom. The van der Waals surface area contributed by atoms with Gasteiger partial charge in [0.15, 0.2) is 6.10 Å². The Morgan fingerprint density at radius 3 is 2.52 bits per heavy atom. The molecule has 0 aliphatic heterocycles. The summed E-state index contributed by atoms with van der Waals surface area (Å²) in [4.78, 5) is 16.8. The highest BCUT2D eigenvalue weighted by molar-refractivity contribution is 6.31. The van der Waals surface area contributed by atoms with Crippen LogP contribution in [0, 0.1) is 6.92 Å². The van der Waals surface area contributed by atoms with E-state index in [0.29, 0.717) is 16.3 Å². The fraction of sp³-hybridized carbons (Fsp3) is 0.273. The van der Waals surface area contributed by atoms with Gasteiger partial charge in [-0.1, -0.05) is 42.8 Å². The van der Waals surface area contributed by atoms with Crippen LogP contribution in [0.5, 0.6) is 0 Å². The Morgan fingerprint density at radius 2 is 1.89 bits per heavy atom. The van der Waals surface area contributed by atoms with E-state index in [1.165, 1.54) is 5.56 Å². The number of esters is 1. The van der Waals surface area contributed by atoms with Gasteiger partial charge in [-0.3, -0.25) is 4.98 Å². The number of carbonyl (C=O) groups is 1. The second kappa shape index (κ2) is 8.07. The molecule has 1 N–H and O–H groups in total. The van der Waals surface area contributed by atoms with Crippen LogP contribution in [0.1, 0.15) is 36.8 Å². The average Bonchev–Trinajstić information content (AvgIpc) is 2.67. The summed E-state index contributed by atoms with van der Waals surface area (Å²) < 4.78 is 5.03. The third kappa shape index (κ3) is 3.82. The molecule has 27 heavy (non-hydrogen) atoms. The molecule has 0 aliphatic carbocycles. The molecule has 2 aromatic carbocycles. The van der Waals surface area contributed by atoms with E-state index < -0.39 is 12.1 Å². The third-order valence-electron chi connectivity index (χ3n) is 4.61. The molecule has 3 aromatic rings. The lowest BCUT2D eigenvalue weighted by atomic mass is 9.91. The Labute approximate surface area is 163 Å². The van der Waals surface area contributed by atoms with Crippen molar-refractivity contribution in [1.82, 2.24) is 4.98 Å². The van der Waals surface area contributed by atoms with Gasteiger partial charge in [0.05, 0.1) is 12.1 Å². The van der Waals surface area contributed by atoms with Gasteiger partial charge < -0.3 is 9.84 Å². The number of nitrogens with zero attached hydrogens (tertiary/aromatic N) is 1. The van der Waals surface area contributed by atoms with Crippen LogP contribution in [0.3, 0.4) is 0 Å². The number of aliphatic hydroxyl groups is 1. The van der Waals surface area contributed by atoms with Crippen LogP contribution in [-0.2, 0) is 16.0 Å². The van der Waals surface area contributed by atoms with Gasteiger partial charge in [-0.2, -0.15) is 0 Å². The molecular formula is C22H22ClNO3. The van der Waals surface area contributed by atoms with Crippen molar-refractivity contribution in [2.75, 3.05) is 6.61 Å². The molecular weight excluding hydrogens is 362 g/mol.